The van der Waals surface area contributed by atoms with Gasteiger partial charge in [0.1, 0.15) is 6.61 Å². The van der Waals surface area contributed by atoms with Crippen molar-refractivity contribution in [1.29, 1.82) is 0 Å². The van der Waals surface area contributed by atoms with Crippen LogP contribution in [0, 0.1) is 5.95 Å². The van der Waals surface area contributed by atoms with Crippen LogP contribution in [0.2, 0.25) is 0 Å². The van der Waals surface area contributed by atoms with Gasteiger partial charge in [0.05, 0.1) is 17.6 Å². The number of amides is 1. The number of nitrogens with zero attached hydrogens (tertiary/aromatic N) is 4. The van der Waals surface area contributed by atoms with Crippen LogP contribution in [0.1, 0.15) is 18.5 Å². The molecule has 0 bridgehead atoms. The molecule has 0 atom stereocenters. The van der Waals surface area contributed by atoms with Crippen molar-refractivity contribution < 1.29 is 19.0 Å². The maximum absolute atomic E-state index is 13.4. The van der Waals surface area contributed by atoms with E-state index in [2.05, 4.69) is 10.1 Å². The molecule has 2 aromatic rings. The van der Waals surface area contributed by atoms with Gasteiger partial charge >= 0.3 is 6.09 Å². The number of rotatable bonds is 4. The number of pyridine rings is 1. The minimum Gasteiger partial charge on any atom is -0.504 e. The molecule has 122 valence electrons. The van der Waals surface area contributed by atoms with Gasteiger partial charge in [-0.1, -0.05) is 0 Å². The van der Waals surface area contributed by atoms with Gasteiger partial charge in [0.15, 0.2) is 5.75 Å². The molecule has 1 amide bonds. The van der Waals surface area contributed by atoms with Crippen LogP contribution in [0.25, 0.3) is 11.3 Å². The predicted molar refractivity (Wildman–Crippen MR) is 79.0 cm³/mol. The van der Waals surface area contributed by atoms with Crippen molar-refractivity contribution in [3.8, 4) is 17.0 Å². The zero-order chi connectivity index (χ0) is 16.6. The molecule has 3 rings (SSSR count). The summed E-state index contributed by atoms with van der Waals surface area (Å²) in [6.07, 6.45) is 3.12. The lowest BCUT2D eigenvalue weighted by Crippen LogP contribution is -2.29. The minimum absolute atomic E-state index is 0.00586. The number of hydrogen-bond acceptors (Lipinski definition) is 5. The summed E-state index contributed by atoms with van der Waals surface area (Å²) in [6, 6.07) is 2.97. The summed E-state index contributed by atoms with van der Waals surface area (Å²) in [6.45, 7) is 0.00586. The van der Waals surface area contributed by atoms with Crippen molar-refractivity contribution in [1.82, 2.24) is 19.7 Å². The predicted octanol–water partition coefficient (Wildman–Crippen LogP) is 2.06. The lowest BCUT2D eigenvalue weighted by Gasteiger charge is -2.16. The Morgan fingerprint density at radius 1 is 1.52 bits per heavy atom. The summed E-state index contributed by atoms with van der Waals surface area (Å²) >= 11 is 0. The monoisotopic (exact) mass is 320 g/mol. The smallest absolute Gasteiger partial charge is 0.410 e. The fourth-order valence-corrected chi connectivity index (χ4v) is 2.27. The van der Waals surface area contributed by atoms with Gasteiger partial charge in [0.25, 0.3) is 5.95 Å². The molecule has 8 heteroatoms. The summed E-state index contributed by atoms with van der Waals surface area (Å²) in [7, 11) is 3.41. The van der Waals surface area contributed by atoms with E-state index in [1.165, 1.54) is 18.3 Å². The Morgan fingerprint density at radius 2 is 2.26 bits per heavy atom. The molecule has 1 aliphatic carbocycles. The second kappa shape index (κ2) is 5.86. The highest BCUT2D eigenvalue weighted by Gasteiger charge is 2.30. The first kappa shape index (κ1) is 15.3. The number of carbonyl (C=O) groups excluding carboxylic acids is 1. The molecular weight excluding hydrogens is 303 g/mol. The van der Waals surface area contributed by atoms with Gasteiger partial charge < -0.3 is 14.7 Å². The van der Waals surface area contributed by atoms with Gasteiger partial charge in [-0.25, -0.2) is 9.78 Å². The Bertz CT molecular complexity index is 742. The quantitative estimate of drug-likeness (QED) is 0.872. The molecule has 2 aromatic heterocycles. The Labute approximate surface area is 132 Å². The van der Waals surface area contributed by atoms with E-state index >= 15 is 0 Å². The number of carbonyl (C=O) groups is 1. The first-order chi connectivity index (χ1) is 11.0. The Kier molecular flexibility index (Phi) is 3.89. The number of aromatic hydroxyl groups is 1. The second-order valence-electron chi connectivity index (χ2n) is 5.53. The molecule has 1 N–H and O–H groups in total. The summed E-state index contributed by atoms with van der Waals surface area (Å²) < 4.78 is 20.3. The van der Waals surface area contributed by atoms with Gasteiger partial charge in [0, 0.05) is 25.7 Å². The fourth-order valence-electron chi connectivity index (χ4n) is 2.27. The minimum atomic E-state index is -0.956. The lowest BCUT2D eigenvalue weighted by atomic mass is 10.1. The van der Waals surface area contributed by atoms with E-state index in [0.717, 1.165) is 12.8 Å². The van der Waals surface area contributed by atoms with E-state index in [0.29, 0.717) is 17.0 Å². The molecule has 23 heavy (non-hydrogen) atoms. The highest BCUT2D eigenvalue weighted by molar-refractivity contribution is 5.68. The summed E-state index contributed by atoms with van der Waals surface area (Å²) in [5, 5.41) is 13.3. The fraction of sp³-hybridized carbons (Fsp3) is 0.400. The third-order valence-electron chi connectivity index (χ3n) is 3.88. The molecular formula is C15H17FN4O3. The van der Waals surface area contributed by atoms with E-state index in [9.17, 15) is 14.3 Å². The van der Waals surface area contributed by atoms with Crippen molar-refractivity contribution in [2.75, 3.05) is 7.05 Å². The van der Waals surface area contributed by atoms with E-state index in [4.69, 9.17) is 4.74 Å². The van der Waals surface area contributed by atoms with Gasteiger partial charge in [-0.3, -0.25) is 4.68 Å². The Hall–Kier alpha value is -2.64. The molecule has 1 aliphatic rings. The number of ether oxygens (including phenoxy) is 1. The highest BCUT2D eigenvalue weighted by atomic mass is 19.1. The van der Waals surface area contributed by atoms with Crippen LogP contribution in [0.4, 0.5) is 9.18 Å². The van der Waals surface area contributed by atoms with Crippen LogP contribution < -0.4 is 0 Å². The third kappa shape index (κ3) is 3.10. The van der Waals surface area contributed by atoms with Crippen LogP contribution in [0.15, 0.2) is 18.3 Å². The van der Waals surface area contributed by atoms with E-state index < -0.39 is 17.8 Å². The lowest BCUT2D eigenvalue weighted by molar-refractivity contribution is 0.100. The van der Waals surface area contributed by atoms with Crippen LogP contribution in [-0.2, 0) is 18.4 Å². The average Bonchev–Trinajstić information content (AvgIpc) is 3.31. The van der Waals surface area contributed by atoms with Crippen molar-refractivity contribution in [3.63, 3.8) is 0 Å². The summed E-state index contributed by atoms with van der Waals surface area (Å²) in [4.78, 5) is 17.2. The largest absolute Gasteiger partial charge is 0.504 e. The zero-order valence-corrected chi connectivity index (χ0v) is 12.9. The first-order valence-corrected chi connectivity index (χ1v) is 7.23. The molecule has 0 unspecified atom stereocenters. The van der Waals surface area contributed by atoms with Crippen molar-refractivity contribution in [2.45, 2.75) is 25.5 Å². The SMILES string of the molecule is CN(C(=O)OCc1c(-c2ccc(O)c(F)n2)cnn1C)C1CC1. The van der Waals surface area contributed by atoms with Gasteiger partial charge in [0.2, 0.25) is 0 Å². The topological polar surface area (TPSA) is 80.5 Å². The molecule has 7 nitrogen and oxygen atoms in total. The van der Waals surface area contributed by atoms with Gasteiger partial charge in [-0.2, -0.15) is 9.49 Å². The highest BCUT2D eigenvalue weighted by Crippen LogP contribution is 2.27. The summed E-state index contributed by atoms with van der Waals surface area (Å²) in [5.41, 5.74) is 1.46. The number of halogens is 1. The maximum Gasteiger partial charge on any atom is 0.410 e. The molecule has 2 heterocycles. The van der Waals surface area contributed by atoms with Crippen LogP contribution in [0.5, 0.6) is 5.75 Å². The summed E-state index contributed by atoms with van der Waals surface area (Å²) in [5.74, 6) is -1.47. The molecule has 0 radical (unpaired) electrons. The maximum atomic E-state index is 13.4. The number of aromatic nitrogens is 3. The number of aryl methyl sites for hydroxylation is 1. The van der Waals surface area contributed by atoms with Crippen molar-refractivity contribution in [2.24, 2.45) is 7.05 Å². The molecule has 0 spiro atoms. The average molecular weight is 320 g/mol. The Morgan fingerprint density at radius 3 is 2.91 bits per heavy atom. The van der Waals surface area contributed by atoms with Crippen LogP contribution in [0.3, 0.4) is 0 Å². The van der Waals surface area contributed by atoms with Gasteiger partial charge in [-0.05, 0) is 25.0 Å². The molecule has 1 saturated carbocycles. The first-order valence-electron chi connectivity index (χ1n) is 7.23. The van der Waals surface area contributed by atoms with Crippen LogP contribution in [-0.4, -0.2) is 44.0 Å². The second-order valence-corrected chi connectivity index (χ2v) is 5.53. The van der Waals surface area contributed by atoms with E-state index in [1.807, 2.05) is 0 Å². The zero-order valence-electron chi connectivity index (χ0n) is 12.9. The number of hydrogen-bond donors (Lipinski definition) is 1. The van der Waals surface area contributed by atoms with Gasteiger partial charge in [-0.15, -0.1) is 0 Å². The Balaban J connectivity index is 1.78. The third-order valence-corrected chi connectivity index (χ3v) is 3.88. The van der Waals surface area contributed by atoms with Crippen molar-refractivity contribution in [3.05, 3.63) is 30.0 Å². The molecule has 0 saturated heterocycles. The van der Waals surface area contributed by atoms with Crippen LogP contribution >= 0.6 is 0 Å². The van der Waals surface area contributed by atoms with E-state index in [1.54, 1.807) is 23.7 Å². The van der Waals surface area contributed by atoms with E-state index in [-0.39, 0.29) is 12.6 Å². The molecule has 1 fully saturated rings. The molecule has 0 aromatic carbocycles. The van der Waals surface area contributed by atoms with Crippen molar-refractivity contribution >= 4 is 6.09 Å². The normalized spacial score (nSPS) is 13.9. The molecule has 0 aliphatic heterocycles. The standard InChI is InChI=1S/C15H17FN4O3/c1-19(9-3-4-9)15(22)23-8-12-10(7-17-20(12)2)11-5-6-13(21)14(16)18-11/h5-7,9,21H,3-4,8H2,1-2H3.